The Labute approximate surface area is 141 Å². The third kappa shape index (κ3) is 4.76. The molecule has 0 unspecified atom stereocenters. The molecule has 0 aliphatic heterocycles. The minimum absolute atomic E-state index is 0.230. The normalized spacial score (nSPS) is 11.9. The standard InChI is InChI=1S/C18H23N3O3/c1-3-14(15-7-5-4-6-8-15)13-19-18(23)16-9-10-17(22)21(20-16)11-12-24-2/h4-10,14H,3,11-13H2,1-2H3,(H,19,23)/t14-/m0/s1. The first kappa shape index (κ1) is 17.9. The van der Waals surface area contributed by atoms with E-state index in [4.69, 9.17) is 4.74 Å². The summed E-state index contributed by atoms with van der Waals surface area (Å²) in [5.74, 6) is -0.0369. The van der Waals surface area contributed by atoms with Crippen LogP contribution in [0.15, 0.2) is 47.3 Å². The highest BCUT2D eigenvalue weighted by Gasteiger charge is 2.13. The summed E-state index contributed by atoms with van der Waals surface area (Å²) in [4.78, 5) is 24.0. The van der Waals surface area contributed by atoms with Gasteiger partial charge in [0.2, 0.25) is 0 Å². The number of amides is 1. The summed E-state index contributed by atoms with van der Waals surface area (Å²) in [6.45, 7) is 3.30. The Kier molecular flexibility index (Phi) is 6.69. The molecule has 1 aromatic carbocycles. The van der Waals surface area contributed by atoms with E-state index in [0.717, 1.165) is 6.42 Å². The van der Waals surface area contributed by atoms with Crippen LogP contribution in [-0.4, -0.2) is 35.9 Å². The fourth-order valence-electron chi connectivity index (χ4n) is 2.44. The fourth-order valence-corrected chi connectivity index (χ4v) is 2.44. The molecule has 1 atom stereocenters. The molecule has 24 heavy (non-hydrogen) atoms. The molecule has 1 aromatic heterocycles. The van der Waals surface area contributed by atoms with Crippen LogP contribution >= 0.6 is 0 Å². The molecule has 0 saturated carbocycles. The Morgan fingerprint density at radius 3 is 2.67 bits per heavy atom. The first-order chi connectivity index (χ1) is 11.7. The van der Waals surface area contributed by atoms with Gasteiger partial charge in [-0.1, -0.05) is 37.3 Å². The van der Waals surface area contributed by atoms with E-state index >= 15 is 0 Å². The number of rotatable bonds is 8. The van der Waals surface area contributed by atoms with E-state index in [9.17, 15) is 9.59 Å². The summed E-state index contributed by atoms with van der Waals surface area (Å²) >= 11 is 0. The number of carbonyl (C=O) groups is 1. The van der Waals surface area contributed by atoms with Crippen LogP contribution in [0.25, 0.3) is 0 Å². The number of nitrogens with one attached hydrogen (secondary N) is 1. The summed E-state index contributed by atoms with van der Waals surface area (Å²) in [6.07, 6.45) is 0.922. The molecule has 6 nitrogen and oxygen atoms in total. The number of aromatic nitrogens is 2. The van der Waals surface area contributed by atoms with Crippen molar-refractivity contribution in [1.29, 1.82) is 0 Å². The van der Waals surface area contributed by atoms with Crippen LogP contribution in [0, 0.1) is 0 Å². The first-order valence-electron chi connectivity index (χ1n) is 8.06. The van der Waals surface area contributed by atoms with Crippen LogP contribution < -0.4 is 10.9 Å². The van der Waals surface area contributed by atoms with Crippen molar-refractivity contribution in [2.75, 3.05) is 20.3 Å². The molecule has 0 bridgehead atoms. The van der Waals surface area contributed by atoms with Gasteiger partial charge in [0.15, 0.2) is 0 Å². The van der Waals surface area contributed by atoms with Gasteiger partial charge in [-0.2, -0.15) is 5.10 Å². The zero-order chi connectivity index (χ0) is 17.4. The number of methoxy groups -OCH3 is 1. The molecule has 0 aliphatic carbocycles. The molecular formula is C18H23N3O3. The van der Waals surface area contributed by atoms with E-state index < -0.39 is 0 Å². The van der Waals surface area contributed by atoms with E-state index in [1.165, 1.54) is 22.4 Å². The van der Waals surface area contributed by atoms with Crippen molar-refractivity contribution in [1.82, 2.24) is 15.1 Å². The van der Waals surface area contributed by atoms with Crippen LogP contribution in [0.2, 0.25) is 0 Å². The van der Waals surface area contributed by atoms with Gasteiger partial charge in [-0.15, -0.1) is 0 Å². The second kappa shape index (κ2) is 8.98. The number of hydrogen-bond acceptors (Lipinski definition) is 4. The Balaban J connectivity index is 2.02. The number of hydrogen-bond donors (Lipinski definition) is 1. The van der Waals surface area contributed by atoms with Crippen LogP contribution in [0.4, 0.5) is 0 Å². The maximum atomic E-state index is 12.3. The van der Waals surface area contributed by atoms with Gasteiger partial charge in [-0.05, 0) is 18.1 Å². The molecule has 1 heterocycles. The minimum atomic E-state index is -0.282. The van der Waals surface area contributed by atoms with E-state index in [1.807, 2.05) is 18.2 Å². The van der Waals surface area contributed by atoms with Crippen molar-refractivity contribution in [2.45, 2.75) is 25.8 Å². The lowest BCUT2D eigenvalue weighted by Gasteiger charge is -2.16. The molecule has 6 heteroatoms. The molecule has 0 aliphatic rings. The Morgan fingerprint density at radius 1 is 1.25 bits per heavy atom. The van der Waals surface area contributed by atoms with Gasteiger partial charge in [0.25, 0.3) is 11.5 Å². The van der Waals surface area contributed by atoms with Gasteiger partial charge in [0.05, 0.1) is 13.2 Å². The van der Waals surface area contributed by atoms with E-state index in [0.29, 0.717) is 19.7 Å². The fraction of sp³-hybridized carbons (Fsp3) is 0.389. The van der Waals surface area contributed by atoms with Crippen molar-refractivity contribution in [3.05, 3.63) is 64.1 Å². The van der Waals surface area contributed by atoms with Gasteiger partial charge < -0.3 is 10.1 Å². The topological polar surface area (TPSA) is 73.2 Å². The van der Waals surface area contributed by atoms with Gasteiger partial charge in [0, 0.05) is 25.6 Å². The lowest BCUT2D eigenvalue weighted by molar-refractivity contribution is 0.0942. The Morgan fingerprint density at radius 2 is 2.00 bits per heavy atom. The van der Waals surface area contributed by atoms with Crippen molar-refractivity contribution in [3.8, 4) is 0 Å². The summed E-state index contributed by atoms with van der Waals surface area (Å²) < 4.78 is 6.19. The highest BCUT2D eigenvalue weighted by atomic mass is 16.5. The van der Waals surface area contributed by atoms with Gasteiger partial charge in [0.1, 0.15) is 5.69 Å². The smallest absolute Gasteiger partial charge is 0.271 e. The maximum absolute atomic E-state index is 12.3. The van der Waals surface area contributed by atoms with Gasteiger partial charge in [-0.3, -0.25) is 9.59 Å². The van der Waals surface area contributed by atoms with Crippen LogP contribution in [0.3, 0.4) is 0 Å². The highest BCUT2D eigenvalue weighted by Crippen LogP contribution is 2.17. The van der Waals surface area contributed by atoms with E-state index in [-0.39, 0.29) is 23.1 Å². The molecular weight excluding hydrogens is 306 g/mol. The first-order valence-corrected chi connectivity index (χ1v) is 8.06. The number of carbonyl (C=O) groups excluding carboxylic acids is 1. The monoisotopic (exact) mass is 329 g/mol. The van der Waals surface area contributed by atoms with E-state index in [1.54, 1.807) is 7.11 Å². The molecule has 128 valence electrons. The average molecular weight is 329 g/mol. The van der Waals surface area contributed by atoms with Gasteiger partial charge in [-0.25, -0.2) is 4.68 Å². The molecule has 0 fully saturated rings. The summed E-state index contributed by atoms with van der Waals surface area (Å²) in [5, 5.41) is 7.00. The van der Waals surface area contributed by atoms with Crippen molar-refractivity contribution in [3.63, 3.8) is 0 Å². The summed E-state index contributed by atoms with van der Waals surface area (Å²) in [5.41, 5.74) is 1.17. The predicted octanol–water partition coefficient (Wildman–Crippen LogP) is 1.81. The highest BCUT2D eigenvalue weighted by molar-refractivity contribution is 5.92. The summed E-state index contributed by atoms with van der Waals surface area (Å²) in [6, 6.07) is 12.9. The van der Waals surface area contributed by atoms with E-state index in [2.05, 4.69) is 29.5 Å². The second-order valence-corrected chi connectivity index (χ2v) is 5.50. The molecule has 2 rings (SSSR count). The average Bonchev–Trinajstić information content (AvgIpc) is 2.62. The molecule has 1 amide bonds. The zero-order valence-electron chi connectivity index (χ0n) is 14.1. The van der Waals surface area contributed by atoms with Crippen LogP contribution in [0.5, 0.6) is 0 Å². The van der Waals surface area contributed by atoms with Crippen LogP contribution in [-0.2, 0) is 11.3 Å². The third-order valence-corrected chi connectivity index (χ3v) is 3.88. The van der Waals surface area contributed by atoms with Crippen molar-refractivity contribution in [2.24, 2.45) is 0 Å². The Bertz CT molecular complexity index is 713. The lowest BCUT2D eigenvalue weighted by atomic mass is 9.96. The molecule has 1 N–H and O–H groups in total. The SMILES string of the molecule is CC[C@@H](CNC(=O)c1ccc(=O)n(CCOC)n1)c1ccccc1. The number of benzene rings is 1. The zero-order valence-corrected chi connectivity index (χ0v) is 14.1. The Hall–Kier alpha value is -2.47. The van der Waals surface area contributed by atoms with Gasteiger partial charge >= 0.3 is 0 Å². The number of nitrogens with zero attached hydrogens (tertiary/aromatic N) is 2. The third-order valence-electron chi connectivity index (χ3n) is 3.88. The molecule has 2 aromatic rings. The van der Waals surface area contributed by atoms with Crippen LogP contribution in [0.1, 0.15) is 35.3 Å². The summed E-state index contributed by atoms with van der Waals surface area (Å²) in [7, 11) is 1.55. The largest absolute Gasteiger partial charge is 0.383 e. The quantitative estimate of drug-likeness (QED) is 0.802. The van der Waals surface area contributed by atoms with Crippen molar-refractivity contribution >= 4 is 5.91 Å². The minimum Gasteiger partial charge on any atom is -0.383 e. The maximum Gasteiger partial charge on any atom is 0.271 e. The molecule has 0 spiro atoms. The second-order valence-electron chi connectivity index (χ2n) is 5.50. The molecule has 0 saturated heterocycles. The predicted molar refractivity (Wildman–Crippen MR) is 92.2 cm³/mol. The number of ether oxygens (including phenoxy) is 1. The molecule has 0 radical (unpaired) electrons. The lowest BCUT2D eigenvalue weighted by Crippen LogP contribution is -2.32. The van der Waals surface area contributed by atoms with Crippen molar-refractivity contribution < 1.29 is 9.53 Å².